The zero-order chi connectivity index (χ0) is 3.70. The second kappa shape index (κ2) is 2.84. The molecule has 2 radical (unpaired) electrons. The van der Waals surface area contributed by atoms with Crippen LogP contribution in [0.3, 0.4) is 0 Å². The first kappa shape index (κ1) is 6.74. The number of rotatable bonds is 0. The van der Waals surface area contributed by atoms with E-state index in [0.717, 1.165) is 6.16 Å². The Morgan fingerprint density at radius 3 is 2.00 bits per heavy atom. The Labute approximate surface area is 53.7 Å². The summed E-state index contributed by atoms with van der Waals surface area (Å²) in [6.45, 7) is 0. The zero-order valence-electron chi connectivity index (χ0n) is 3.48. The van der Waals surface area contributed by atoms with Gasteiger partial charge in [-0.15, -0.1) is 0 Å². The summed E-state index contributed by atoms with van der Waals surface area (Å²) in [5, 5.41) is 0. The second-order valence-corrected chi connectivity index (χ2v) is 2.75. The Morgan fingerprint density at radius 1 is 1.67 bits per heavy atom. The van der Waals surface area contributed by atoms with E-state index in [4.69, 9.17) is 0 Å². The molecule has 0 aromatic rings. The quantitative estimate of drug-likeness (QED) is 0.333. The molecule has 1 aliphatic heterocycles. The maximum absolute atomic E-state index is 10.00. The van der Waals surface area contributed by atoms with Crippen molar-refractivity contribution < 1.29 is 4.57 Å². The maximum Gasteiger partial charge on any atom is 0.100 e. The summed E-state index contributed by atoms with van der Waals surface area (Å²) in [5.74, 6) is 1.77. The third kappa shape index (κ3) is 1.46. The summed E-state index contributed by atoms with van der Waals surface area (Å²) in [5.41, 5.74) is 0. The fraction of sp³-hybridized carbons (Fsp3) is 0.333. The maximum atomic E-state index is 10.00. The van der Waals surface area contributed by atoms with Gasteiger partial charge in [-0.2, -0.15) is 0 Å². The molecule has 1 atom stereocenters. The fourth-order valence-electron chi connectivity index (χ4n) is 0.214. The monoisotopic (exact) mass is 112 g/mol. The van der Waals surface area contributed by atoms with Crippen LogP contribution in [0.15, 0.2) is 11.9 Å². The minimum absolute atomic E-state index is 0. The normalized spacial score (nSPS) is 27.7. The first-order chi connectivity index (χ1) is 2.39. The van der Waals surface area contributed by atoms with Crippen molar-refractivity contribution in [3.05, 3.63) is 11.9 Å². The first-order valence-corrected chi connectivity index (χ1v) is 3.28. The highest BCUT2D eigenvalue weighted by molar-refractivity contribution is 7.50. The molecule has 0 aromatic carbocycles. The molecule has 6 heavy (non-hydrogen) atoms. The molecule has 0 spiro atoms. The summed E-state index contributed by atoms with van der Waals surface area (Å²) in [7, 11) is -1.12. The van der Waals surface area contributed by atoms with Crippen LogP contribution in [0.1, 0.15) is 0 Å². The highest BCUT2D eigenvalue weighted by atomic mass is 31.1. The highest BCUT2D eigenvalue weighted by Crippen LogP contribution is 2.29. The zero-order valence-corrected chi connectivity index (χ0v) is 5.89. The van der Waals surface area contributed by atoms with Crippen molar-refractivity contribution in [1.82, 2.24) is 0 Å². The average Bonchev–Trinajstić information content (AvgIpc) is 1.30. The Balaban J connectivity index is 0.000000250. The van der Waals surface area contributed by atoms with Gasteiger partial charge in [-0.3, -0.25) is 0 Å². The largest absolute Gasteiger partial charge is 0.322 e. The van der Waals surface area contributed by atoms with Crippen LogP contribution in [-0.4, -0.2) is 29.2 Å². The number of hydrogen-bond acceptors (Lipinski definition) is 1. The van der Waals surface area contributed by atoms with Crippen LogP contribution in [-0.2, 0) is 4.57 Å². The van der Waals surface area contributed by atoms with Crippen LogP contribution >= 0.6 is 7.80 Å². The summed E-state index contributed by atoms with van der Waals surface area (Å²) in [6, 6.07) is 0. The molecule has 0 bridgehead atoms. The standard InChI is InChI=1S/C3H5OP.Mg/c4-5-2-1-3-5;/h1-2,5H,3H2;. The van der Waals surface area contributed by atoms with Crippen molar-refractivity contribution in [2.75, 3.05) is 6.16 Å². The van der Waals surface area contributed by atoms with Gasteiger partial charge in [0.2, 0.25) is 0 Å². The summed E-state index contributed by atoms with van der Waals surface area (Å²) in [6.07, 6.45) is 2.78. The molecular weight excluding hydrogens is 107 g/mol. The van der Waals surface area contributed by atoms with Gasteiger partial charge in [0.15, 0.2) is 0 Å². The van der Waals surface area contributed by atoms with Crippen LogP contribution in [0, 0.1) is 0 Å². The minimum atomic E-state index is -1.12. The van der Waals surface area contributed by atoms with E-state index in [-0.39, 0.29) is 23.1 Å². The minimum Gasteiger partial charge on any atom is -0.322 e. The Bertz CT molecular complexity index is 88.8. The lowest BCUT2D eigenvalue weighted by molar-refractivity contribution is 0.592. The van der Waals surface area contributed by atoms with Gasteiger partial charge in [0.25, 0.3) is 0 Å². The van der Waals surface area contributed by atoms with Crippen LogP contribution in [0.2, 0.25) is 0 Å². The topological polar surface area (TPSA) is 17.1 Å². The molecule has 30 valence electrons. The van der Waals surface area contributed by atoms with E-state index < -0.39 is 7.80 Å². The molecular formula is C3H5MgOP. The Kier molecular flexibility index (Phi) is 3.18. The molecule has 0 saturated heterocycles. The molecule has 0 aromatic heterocycles. The molecule has 1 heterocycles. The molecule has 3 heteroatoms. The van der Waals surface area contributed by atoms with E-state index in [1.54, 1.807) is 5.82 Å². The van der Waals surface area contributed by atoms with Crippen LogP contribution in [0.4, 0.5) is 0 Å². The molecule has 0 saturated carbocycles. The summed E-state index contributed by atoms with van der Waals surface area (Å²) < 4.78 is 10.00. The lowest BCUT2D eigenvalue weighted by Crippen LogP contribution is -1.73. The number of allylic oxidation sites excluding steroid dienone is 1. The van der Waals surface area contributed by atoms with E-state index in [2.05, 4.69) is 0 Å². The third-order valence-corrected chi connectivity index (χ3v) is 1.87. The molecule has 0 aliphatic carbocycles. The predicted molar refractivity (Wildman–Crippen MR) is 28.8 cm³/mol. The van der Waals surface area contributed by atoms with Gasteiger partial charge in [-0.05, 0) is 5.82 Å². The molecule has 1 nitrogen and oxygen atoms in total. The smallest absolute Gasteiger partial charge is 0.100 e. The van der Waals surface area contributed by atoms with E-state index in [0.29, 0.717) is 0 Å². The van der Waals surface area contributed by atoms with Crippen molar-refractivity contribution in [1.29, 1.82) is 0 Å². The van der Waals surface area contributed by atoms with E-state index in [9.17, 15) is 4.57 Å². The second-order valence-electron chi connectivity index (χ2n) is 1.07. The number of hydrogen-bond donors (Lipinski definition) is 0. The summed E-state index contributed by atoms with van der Waals surface area (Å²) in [4.78, 5) is 0. The predicted octanol–water partition coefficient (Wildman–Crippen LogP) is 0.693. The van der Waals surface area contributed by atoms with E-state index in [1.165, 1.54) is 0 Å². The lowest BCUT2D eigenvalue weighted by Gasteiger charge is -1.94. The van der Waals surface area contributed by atoms with E-state index >= 15 is 0 Å². The van der Waals surface area contributed by atoms with Crippen molar-refractivity contribution in [3.8, 4) is 0 Å². The van der Waals surface area contributed by atoms with Gasteiger partial charge >= 0.3 is 0 Å². The Morgan fingerprint density at radius 2 is 2.00 bits per heavy atom. The first-order valence-electron chi connectivity index (χ1n) is 1.59. The van der Waals surface area contributed by atoms with Crippen LogP contribution in [0.5, 0.6) is 0 Å². The highest BCUT2D eigenvalue weighted by Gasteiger charge is 1.95. The van der Waals surface area contributed by atoms with Crippen molar-refractivity contribution >= 4 is 30.9 Å². The molecule has 1 rings (SSSR count). The van der Waals surface area contributed by atoms with Gasteiger partial charge in [-0.25, -0.2) is 0 Å². The molecule has 1 aliphatic rings. The van der Waals surface area contributed by atoms with Crippen molar-refractivity contribution in [2.45, 2.75) is 0 Å². The van der Waals surface area contributed by atoms with Gasteiger partial charge in [0.1, 0.15) is 7.80 Å². The van der Waals surface area contributed by atoms with E-state index in [1.807, 2.05) is 6.08 Å². The van der Waals surface area contributed by atoms with Crippen LogP contribution < -0.4 is 0 Å². The lowest BCUT2D eigenvalue weighted by atomic mass is 10.7. The third-order valence-electron chi connectivity index (χ3n) is 0.623. The van der Waals surface area contributed by atoms with Crippen molar-refractivity contribution in [3.63, 3.8) is 0 Å². The summed E-state index contributed by atoms with van der Waals surface area (Å²) >= 11 is 0. The molecule has 0 N–H and O–H groups in total. The SMILES string of the molecule is O=[PH]1C=CC1.[Mg]. The van der Waals surface area contributed by atoms with Crippen molar-refractivity contribution in [2.24, 2.45) is 0 Å². The van der Waals surface area contributed by atoms with Crippen LogP contribution in [0.25, 0.3) is 0 Å². The van der Waals surface area contributed by atoms with Gasteiger partial charge in [0, 0.05) is 29.2 Å². The molecule has 0 fully saturated rings. The fourth-order valence-corrected chi connectivity index (χ4v) is 0.642. The Hall–Kier alpha value is 0.736. The average molecular weight is 112 g/mol. The molecule has 1 unspecified atom stereocenters. The molecule has 0 amide bonds. The van der Waals surface area contributed by atoms with Gasteiger partial charge in [0.05, 0.1) is 0 Å². The van der Waals surface area contributed by atoms with Gasteiger partial charge < -0.3 is 4.57 Å². The van der Waals surface area contributed by atoms with Gasteiger partial charge in [-0.1, -0.05) is 6.08 Å².